The number of rotatable bonds is 5. The topological polar surface area (TPSA) is 96.9 Å². The fourth-order valence-corrected chi connectivity index (χ4v) is 8.24. The van der Waals surface area contributed by atoms with Gasteiger partial charge in [-0.25, -0.2) is 9.37 Å². The molecule has 3 fully saturated rings. The summed E-state index contributed by atoms with van der Waals surface area (Å²) in [5.41, 5.74) is 11.9. The minimum Gasteiger partial charge on any atom is -0.478 e. The van der Waals surface area contributed by atoms with Gasteiger partial charge in [0.2, 0.25) is 5.88 Å². The van der Waals surface area contributed by atoms with Crippen LogP contribution in [0.15, 0.2) is 18.2 Å². The van der Waals surface area contributed by atoms with Gasteiger partial charge in [-0.2, -0.15) is 5.26 Å². The Labute approximate surface area is 241 Å². The highest BCUT2D eigenvalue weighted by atomic mass is 19.1. The number of nitriles is 1. The Bertz CT molecular complexity index is 1360. The molecule has 2 N–H and O–H groups in total. The van der Waals surface area contributed by atoms with Crippen LogP contribution in [-0.2, 0) is 34.5 Å². The van der Waals surface area contributed by atoms with Crippen molar-refractivity contribution in [1.29, 1.82) is 5.26 Å². The Balaban J connectivity index is 1.22. The summed E-state index contributed by atoms with van der Waals surface area (Å²) in [6.45, 7) is 5.61. The maximum atomic E-state index is 14.3. The van der Waals surface area contributed by atoms with Crippen LogP contribution in [0, 0.1) is 11.3 Å². The molecule has 7 rings (SSSR count). The predicted octanol–water partition coefficient (Wildman–Crippen LogP) is 4.41. The van der Waals surface area contributed by atoms with E-state index >= 15 is 0 Å². The monoisotopic (exact) mass is 561 g/mol. The number of alkyl halides is 1. The third-order valence-corrected chi connectivity index (χ3v) is 10.2. The van der Waals surface area contributed by atoms with Crippen LogP contribution < -0.4 is 15.4 Å². The lowest BCUT2D eigenvalue weighted by Gasteiger charge is -2.43. The van der Waals surface area contributed by atoms with Crippen LogP contribution in [0.3, 0.4) is 0 Å². The maximum Gasteiger partial charge on any atom is 0.215 e. The van der Waals surface area contributed by atoms with Crippen molar-refractivity contribution in [1.82, 2.24) is 9.88 Å². The fraction of sp³-hybridized carbons (Fsp3) is 0.625. The molecule has 9 heteroatoms. The Kier molecular flexibility index (Phi) is 7.04. The first kappa shape index (κ1) is 26.9. The number of anilines is 2. The van der Waals surface area contributed by atoms with E-state index in [1.54, 1.807) is 0 Å². The Morgan fingerprint density at radius 1 is 1.17 bits per heavy atom. The van der Waals surface area contributed by atoms with Crippen molar-refractivity contribution in [3.8, 4) is 11.9 Å². The molecule has 2 aromatic rings. The number of benzene rings is 1. The van der Waals surface area contributed by atoms with Gasteiger partial charge in [0.05, 0.1) is 31.1 Å². The van der Waals surface area contributed by atoms with Crippen LogP contribution in [0.4, 0.5) is 15.8 Å². The summed E-state index contributed by atoms with van der Waals surface area (Å²) in [6.07, 6.45) is 7.09. The van der Waals surface area contributed by atoms with Crippen LogP contribution in [-0.4, -0.2) is 67.6 Å². The quantitative estimate of drug-likeness (QED) is 0.537. The van der Waals surface area contributed by atoms with E-state index in [9.17, 15) is 9.65 Å². The van der Waals surface area contributed by atoms with E-state index in [1.807, 2.05) is 6.07 Å². The second-order valence-electron chi connectivity index (χ2n) is 12.5. The Hall–Kier alpha value is -2.93. The standard InChI is InChI=1S/C32H40FN5O3/c33-23-17-31(7-2-11-38(31)20-23)9-14-40-29-16-28(37-10-3-13-39-15-12-37)25-21-41-32(18-27(25)36-29)8-1-4-22-5-6-26(35)24(19-34)30(22)32/h5-6,16,23H,1-4,7-15,17-18,20-21,35H2/t23-,31?,32+/m1/s1. The molecule has 5 heterocycles. The summed E-state index contributed by atoms with van der Waals surface area (Å²) in [5.74, 6) is 0.612. The van der Waals surface area contributed by atoms with Gasteiger partial charge in [-0.1, -0.05) is 6.07 Å². The van der Waals surface area contributed by atoms with E-state index in [4.69, 9.17) is 24.9 Å². The lowest BCUT2D eigenvalue weighted by atomic mass is 9.72. The van der Waals surface area contributed by atoms with Crippen molar-refractivity contribution < 1.29 is 18.6 Å². The van der Waals surface area contributed by atoms with Crippen LogP contribution in [0.2, 0.25) is 0 Å². The summed E-state index contributed by atoms with van der Waals surface area (Å²) in [6, 6.07) is 8.34. The second kappa shape index (κ2) is 10.7. The maximum absolute atomic E-state index is 14.3. The molecule has 1 spiro atoms. The molecular formula is C32H40FN5O3. The summed E-state index contributed by atoms with van der Waals surface area (Å²) < 4.78 is 33.3. The van der Waals surface area contributed by atoms with Gasteiger partial charge in [0.1, 0.15) is 17.8 Å². The number of nitrogens with zero attached hydrogens (tertiary/aromatic N) is 4. The minimum atomic E-state index is -0.740. The molecule has 8 nitrogen and oxygen atoms in total. The molecule has 0 bridgehead atoms. The van der Waals surface area contributed by atoms with Crippen molar-refractivity contribution in [3.63, 3.8) is 0 Å². The van der Waals surface area contributed by atoms with Crippen molar-refractivity contribution in [3.05, 3.63) is 46.1 Å². The van der Waals surface area contributed by atoms with Crippen molar-refractivity contribution in [2.75, 3.05) is 56.6 Å². The van der Waals surface area contributed by atoms with E-state index < -0.39 is 11.8 Å². The molecule has 5 aliphatic rings. The molecule has 0 amide bonds. The summed E-state index contributed by atoms with van der Waals surface area (Å²) >= 11 is 0. The number of aryl methyl sites for hydroxylation is 1. The smallest absolute Gasteiger partial charge is 0.215 e. The number of nitrogen functional groups attached to an aromatic ring is 1. The third kappa shape index (κ3) is 4.74. The largest absolute Gasteiger partial charge is 0.478 e. The molecule has 4 aliphatic heterocycles. The summed E-state index contributed by atoms with van der Waals surface area (Å²) in [5, 5.41) is 10.1. The van der Waals surface area contributed by atoms with Gasteiger partial charge in [0, 0.05) is 73.2 Å². The third-order valence-electron chi connectivity index (χ3n) is 10.2. The predicted molar refractivity (Wildman–Crippen MR) is 154 cm³/mol. The SMILES string of the molecule is N#Cc1c(N)ccc2c1[C@]1(CCC2)Cc2nc(OCCC34CCCN3C[C@H](F)C4)cc(N3CCCOCC3)c2CO1. The first-order valence-corrected chi connectivity index (χ1v) is 15.3. The van der Waals surface area contributed by atoms with E-state index in [1.165, 1.54) is 0 Å². The number of hydrogen-bond acceptors (Lipinski definition) is 8. The van der Waals surface area contributed by atoms with Crippen LogP contribution in [0.5, 0.6) is 5.88 Å². The summed E-state index contributed by atoms with van der Waals surface area (Å²) in [4.78, 5) is 9.80. The number of hydrogen-bond donors (Lipinski definition) is 1. The number of ether oxygens (including phenoxy) is 3. The molecule has 1 aromatic carbocycles. The van der Waals surface area contributed by atoms with E-state index in [2.05, 4.69) is 28.0 Å². The van der Waals surface area contributed by atoms with Gasteiger partial charge >= 0.3 is 0 Å². The molecule has 1 aromatic heterocycles. The normalized spacial score (nSPS) is 29.5. The number of nitrogens with two attached hydrogens (primary N) is 1. The second-order valence-corrected chi connectivity index (χ2v) is 12.5. The number of aromatic nitrogens is 1. The molecule has 3 saturated heterocycles. The lowest BCUT2D eigenvalue weighted by molar-refractivity contribution is -0.0854. The average molecular weight is 562 g/mol. The molecule has 41 heavy (non-hydrogen) atoms. The van der Waals surface area contributed by atoms with Crippen molar-refractivity contribution >= 4 is 11.4 Å². The van der Waals surface area contributed by atoms with E-state index in [0.717, 1.165) is 99.3 Å². The zero-order valence-electron chi connectivity index (χ0n) is 23.8. The zero-order valence-corrected chi connectivity index (χ0v) is 23.8. The fourth-order valence-electron chi connectivity index (χ4n) is 8.24. The Morgan fingerprint density at radius 2 is 2.10 bits per heavy atom. The van der Waals surface area contributed by atoms with Crippen LogP contribution in [0.25, 0.3) is 0 Å². The molecule has 1 aliphatic carbocycles. The minimum absolute atomic E-state index is 0.0735. The number of halogens is 1. The van der Waals surface area contributed by atoms with Gasteiger partial charge in [-0.05, 0) is 63.1 Å². The van der Waals surface area contributed by atoms with Gasteiger partial charge in [0.15, 0.2) is 0 Å². The molecular weight excluding hydrogens is 521 g/mol. The van der Waals surface area contributed by atoms with Crippen molar-refractivity contribution in [2.24, 2.45) is 0 Å². The van der Waals surface area contributed by atoms with Gasteiger partial charge in [-0.15, -0.1) is 0 Å². The van der Waals surface area contributed by atoms with E-state index in [-0.39, 0.29) is 5.54 Å². The number of fused-ring (bicyclic) bond motifs is 4. The average Bonchev–Trinajstić information content (AvgIpc) is 3.34. The first-order valence-electron chi connectivity index (χ1n) is 15.3. The highest BCUT2D eigenvalue weighted by Gasteiger charge is 2.48. The lowest BCUT2D eigenvalue weighted by Crippen LogP contribution is -2.41. The highest BCUT2D eigenvalue weighted by molar-refractivity contribution is 5.64. The van der Waals surface area contributed by atoms with Gasteiger partial charge in [-0.3, -0.25) is 4.90 Å². The van der Waals surface area contributed by atoms with Gasteiger partial charge in [0.25, 0.3) is 0 Å². The van der Waals surface area contributed by atoms with Crippen LogP contribution in [0.1, 0.15) is 72.9 Å². The van der Waals surface area contributed by atoms with Crippen LogP contribution >= 0.6 is 0 Å². The van der Waals surface area contributed by atoms with Gasteiger partial charge < -0.3 is 24.8 Å². The molecule has 3 atom stereocenters. The van der Waals surface area contributed by atoms with E-state index in [0.29, 0.717) is 56.3 Å². The van der Waals surface area contributed by atoms with Crippen molar-refractivity contribution in [2.45, 2.75) is 81.7 Å². The molecule has 1 unspecified atom stereocenters. The molecule has 218 valence electrons. The molecule has 0 radical (unpaired) electrons. The number of pyridine rings is 1. The Morgan fingerprint density at radius 3 is 3.00 bits per heavy atom. The summed E-state index contributed by atoms with van der Waals surface area (Å²) in [7, 11) is 0. The first-order chi connectivity index (χ1) is 20.0. The zero-order chi connectivity index (χ0) is 28.0. The molecule has 0 saturated carbocycles. The highest BCUT2D eigenvalue weighted by Crippen LogP contribution is 2.49.